The van der Waals surface area contributed by atoms with E-state index in [1.165, 1.54) is 18.1 Å². The maximum Gasteiger partial charge on any atom is 0.262 e. The molecule has 9 heteroatoms. The van der Waals surface area contributed by atoms with Gasteiger partial charge in [0.05, 0.1) is 23.0 Å². The van der Waals surface area contributed by atoms with Gasteiger partial charge in [0.1, 0.15) is 17.1 Å². The quantitative estimate of drug-likeness (QED) is 0.432. The molecule has 0 spiro atoms. The van der Waals surface area contributed by atoms with Crippen molar-refractivity contribution in [3.05, 3.63) is 36.3 Å². The lowest BCUT2D eigenvalue weighted by atomic mass is 10.1. The first-order chi connectivity index (χ1) is 12.1. The van der Waals surface area contributed by atoms with Gasteiger partial charge in [-0.3, -0.25) is 14.3 Å². The Bertz CT molecular complexity index is 1000. The van der Waals surface area contributed by atoms with E-state index in [0.29, 0.717) is 22.0 Å². The summed E-state index contributed by atoms with van der Waals surface area (Å²) in [6.07, 6.45) is 3.15. The van der Waals surface area contributed by atoms with E-state index in [0.717, 1.165) is 11.0 Å². The summed E-state index contributed by atoms with van der Waals surface area (Å²) in [6, 6.07) is 5.02. The molecule has 3 heterocycles. The number of nitrogens with one attached hydrogen (secondary N) is 1. The third-order valence-corrected chi connectivity index (χ3v) is 4.77. The Morgan fingerprint density at radius 2 is 2.28 bits per heavy atom. The van der Waals surface area contributed by atoms with Crippen LogP contribution in [0, 0.1) is 0 Å². The number of nitrogens with zero attached hydrogens (tertiary/aromatic N) is 4. The fourth-order valence-corrected chi connectivity index (χ4v) is 3.39. The molecule has 2 aromatic heterocycles. The van der Waals surface area contributed by atoms with Gasteiger partial charge >= 0.3 is 0 Å². The molecule has 0 bridgehead atoms. The number of amides is 1. The van der Waals surface area contributed by atoms with Crippen LogP contribution in [0.5, 0.6) is 5.75 Å². The standard InChI is InChI=1S/C16H13N5O3S/c1-21-15-10(5-19-21)16(18-8-17-15)25-7-12(22)9-2-3-13-11(4-9)20-14(23)6-24-13/h2-5,8H,6-7H2,1H3,(H,20,23). The van der Waals surface area contributed by atoms with Crippen LogP contribution >= 0.6 is 11.8 Å². The van der Waals surface area contributed by atoms with Crippen molar-refractivity contribution < 1.29 is 14.3 Å². The third kappa shape index (κ3) is 2.93. The summed E-state index contributed by atoms with van der Waals surface area (Å²) in [5.41, 5.74) is 1.75. The minimum absolute atomic E-state index is 0.00896. The molecule has 0 unspecified atom stereocenters. The number of ether oxygens (including phenoxy) is 1. The van der Waals surface area contributed by atoms with Crippen molar-refractivity contribution >= 4 is 40.2 Å². The topological polar surface area (TPSA) is 99.0 Å². The first kappa shape index (κ1) is 15.6. The minimum Gasteiger partial charge on any atom is -0.482 e. The van der Waals surface area contributed by atoms with Crippen molar-refractivity contribution in [3.8, 4) is 5.75 Å². The van der Waals surface area contributed by atoms with Gasteiger partial charge in [0.15, 0.2) is 18.0 Å². The summed E-state index contributed by atoms with van der Waals surface area (Å²) in [4.78, 5) is 32.3. The van der Waals surface area contributed by atoms with Gasteiger partial charge in [-0.25, -0.2) is 9.97 Å². The number of rotatable bonds is 4. The lowest BCUT2D eigenvalue weighted by Gasteiger charge is -2.18. The molecule has 1 aliphatic rings. The Labute approximate surface area is 146 Å². The van der Waals surface area contributed by atoms with Crippen LogP contribution in [0.15, 0.2) is 35.7 Å². The molecule has 0 fully saturated rings. The van der Waals surface area contributed by atoms with Crippen LogP contribution in [-0.2, 0) is 11.8 Å². The van der Waals surface area contributed by atoms with E-state index in [-0.39, 0.29) is 24.1 Å². The smallest absolute Gasteiger partial charge is 0.262 e. The number of Topliss-reactive ketones (excluding diaryl/α,β-unsaturated/α-hetero) is 1. The van der Waals surface area contributed by atoms with Crippen LogP contribution in [0.1, 0.15) is 10.4 Å². The maximum atomic E-state index is 12.5. The monoisotopic (exact) mass is 355 g/mol. The molecule has 4 rings (SSSR count). The zero-order chi connectivity index (χ0) is 17.4. The number of anilines is 1. The predicted molar refractivity (Wildman–Crippen MR) is 91.9 cm³/mol. The molecular formula is C16H13N5O3S. The number of aromatic nitrogens is 4. The van der Waals surface area contributed by atoms with Crippen LogP contribution in [0.4, 0.5) is 5.69 Å². The molecular weight excluding hydrogens is 342 g/mol. The summed E-state index contributed by atoms with van der Waals surface area (Å²) in [6.45, 7) is -0.00896. The van der Waals surface area contributed by atoms with Gasteiger partial charge in [0, 0.05) is 12.6 Å². The summed E-state index contributed by atoms with van der Waals surface area (Å²) < 4.78 is 6.96. The molecule has 0 aliphatic carbocycles. The number of hydrogen-bond donors (Lipinski definition) is 1. The molecule has 126 valence electrons. The number of thioether (sulfide) groups is 1. The lowest BCUT2D eigenvalue weighted by molar-refractivity contribution is -0.118. The van der Waals surface area contributed by atoms with Crippen LogP contribution < -0.4 is 10.1 Å². The van der Waals surface area contributed by atoms with Gasteiger partial charge < -0.3 is 10.1 Å². The molecule has 1 N–H and O–H groups in total. The van der Waals surface area contributed by atoms with Crippen molar-refractivity contribution in [2.45, 2.75) is 5.03 Å². The molecule has 0 saturated heterocycles. The van der Waals surface area contributed by atoms with Gasteiger partial charge in [0.25, 0.3) is 5.91 Å². The Morgan fingerprint density at radius 1 is 1.40 bits per heavy atom. The van der Waals surface area contributed by atoms with Gasteiger partial charge in [-0.15, -0.1) is 0 Å². The van der Waals surface area contributed by atoms with E-state index in [4.69, 9.17) is 4.74 Å². The van der Waals surface area contributed by atoms with Crippen LogP contribution in [-0.4, -0.2) is 43.8 Å². The van der Waals surface area contributed by atoms with E-state index in [1.807, 2.05) is 0 Å². The predicted octanol–water partition coefficient (Wildman–Crippen LogP) is 1.67. The number of hydrogen-bond acceptors (Lipinski definition) is 7. The molecule has 3 aromatic rings. The zero-order valence-corrected chi connectivity index (χ0v) is 14.0. The summed E-state index contributed by atoms with van der Waals surface area (Å²) in [7, 11) is 1.80. The number of ketones is 1. The van der Waals surface area contributed by atoms with Crippen molar-refractivity contribution in [2.24, 2.45) is 7.05 Å². The molecule has 8 nitrogen and oxygen atoms in total. The highest BCUT2D eigenvalue weighted by Gasteiger charge is 2.18. The molecule has 1 aromatic carbocycles. The van der Waals surface area contributed by atoms with Crippen LogP contribution in [0.25, 0.3) is 11.0 Å². The summed E-state index contributed by atoms with van der Waals surface area (Å²) in [5, 5.41) is 8.38. The van der Waals surface area contributed by atoms with Crippen molar-refractivity contribution in [3.63, 3.8) is 0 Å². The molecule has 0 atom stereocenters. The second-order valence-corrected chi connectivity index (χ2v) is 6.41. The zero-order valence-electron chi connectivity index (χ0n) is 13.2. The van der Waals surface area contributed by atoms with Crippen molar-refractivity contribution in [2.75, 3.05) is 17.7 Å². The average Bonchev–Trinajstić information content (AvgIpc) is 3.01. The van der Waals surface area contributed by atoms with E-state index in [1.54, 1.807) is 36.1 Å². The van der Waals surface area contributed by atoms with Gasteiger partial charge in [0.2, 0.25) is 0 Å². The highest BCUT2D eigenvalue weighted by molar-refractivity contribution is 8.00. The average molecular weight is 355 g/mol. The highest BCUT2D eigenvalue weighted by Crippen LogP contribution is 2.30. The van der Waals surface area contributed by atoms with E-state index < -0.39 is 0 Å². The van der Waals surface area contributed by atoms with Crippen LogP contribution in [0.2, 0.25) is 0 Å². The molecule has 0 saturated carbocycles. The first-order valence-corrected chi connectivity index (χ1v) is 8.46. The van der Waals surface area contributed by atoms with Crippen molar-refractivity contribution in [1.82, 2.24) is 19.7 Å². The molecule has 1 amide bonds. The number of benzene rings is 1. The number of carbonyl (C=O) groups excluding carboxylic acids is 2. The Kier molecular flexibility index (Phi) is 3.85. The fourth-order valence-electron chi connectivity index (χ4n) is 2.53. The maximum absolute atomic E-state index is 12.5. The van der Waals surface area contributed by atoms with Gasteiger partial charge in [-0.2, -0.15) is 5.10 Å². The Balaban J connectivity index is 1.52. The lowest BCUT2D eigenvalue weighted by Crippen LogP contribution is -2.25. The van der Waals surface area contributed by atoms with Gasteiger partial charge in [-0.05, 0) is 18.2 Å². The third-order valence-electron chi connectivity index (χ3n) is 3.77. The van der Waals surface area contributed by atoms with Crippen molar-refractivity contribution in [1.29, 1.82) is 0 Å². The second-order valence-electron chi connectivity index (χ2n) is 5.44. The number of carbonyl (C=O) groups is 2. The molecule has 0 radical (unpaired) electrons. The Morgan fingerprint density at radius 3 is 3.16 bits per heavy atom. The molecule has 1 aliphatic heterocycles. The van der Waals surface area contributed by atoms with E-state index >= 15 is 0 Å². The summed E-state index contributed by atoms with van der Waals surface area (Å²) in [5.74, 6) is 0.487. The highest BCUT2D eigenvalue weighted by atomic mass is 32.2. The van der Waals surface area contributed by atoms with Crippen LogP contribution in [0.3, 0.4) is 0 Å². The minimum atomic E-state index is -0.230. The Hall–Kier alpha value is -2.94. The largest absolute Gasteiger partial charge is 0.482 e. The summed E-state index contributed by atoms with van der Waals surface area (Å²) >= 11 is 1.33. The van der Waals surface area contributed by atoms with E-state index in [2.05, 4.69) is 20.4 Å². The number of fused-ring (bicyclic) bond motifs is 2. The first-order valence-electron chi connectivity index (χ1n) is 7.47. The molecule has 25 heavy (non-hydrogen) atoms. The van der Waals surface area contributed by atoms with E-state index in [9.17, 15) is 9.59 Å². The normalized spacial score (nSPS) is 13.2. The second kappa shape index (κ2) is 6.17. The fraction of sp³-hybridized carbons (Fsp3) is 0.188. The SMILES string of the molecule is Cn1ncc2c(SCC(=O)c3ccc4c(c3)NC(=O)CO4)ncnc21. The number of aryl methyl sites for hydroxylation is 1. The van der Waals surface area contributed by atoms with Gasteiger partial charge in [-0.1, -0.05) is 11.8 Å².